The molecular weight excluding hydrogens is 271 g/mol. The minimum atomic E-state index is -0.352. The number of amides is 1. The number of fused-ring (bicyclic) bond motifs is 1. The van der Waals surface area contributed by atoms with E-state index in [4.69, 9.17) is 4.42 Å². The number of carbonyl (C=O) groups excluding carboxylic acids is 1. The molecule has 0 radical (unpaired) electrons. The van der Waals surface area contributed by atoms with Crippen molar-refractivity contribution in [3.63, 3.8) is 0 Å². The maximum Gasteiger partial charge on any atom is 0.233 e. The van der Waals surface area contributed by atoms with E-state index in [1.807, 2.05) is 18.2 Å². The quantitative estimate of drug-likeness (QED) is 0.801. The van der Waals surface area contributed by atoms with Crippen LogP contribution in [0.1, 0.15) is 11.5 Å². The Morgan fingerprint density at radius 1 is 1.29 bits per heavy atom. The molecular formula is C16H13FN2O2. The van der Waals surface area contributed by atoms with Gasteiger partial charge in [0.25, 0.3) is 0 Å². The maximum absolute atomic E-state index is 13.4. The second kappa shape index (κ2) is 5.36. The van der Waals surface area contributed by atoms with Crippen LogP contribution in [-0.4, -0.2) is 10.9 Å². The molecule has 2 aromatic carbocycles. The van der Waals surface area contributed by atoms with E-state index in [1.165, 1.54) is 6.07 Å². The third kappa shape index (κ3) is 2.91. The monoisotopic (exact) mass is 284 g/mol. The van der Waals surface area contributed by atoms with E-state index in [0.717, 1.165) is 0 Å². The minimum Gasteiger partial charge on any atom is -0.440 e. The average molecular weight is 284 g/mol. The Labute approximate surface area is 120 Å². The van der Waals surface area contributed by atoms with Crippen molar-refractivity contribution in [3.8, 4) is 0 Å². The van der Waals surface area contributed by atoms with Crippen molar-refractivity contribution in [3.05, 3.63) is 59.7 Å². The Balaban J connectivity index is 1.72. The van der Waals surface area contributed by atoms with E-state index in [1.54, 1.807) is 25.1 Å². The number of carbonyl (C=O) groups is 1. The van der Waals surface area contributed by atoms with E-state index in [0.29, 0.717) is 28.2 Å². The molecule has 1 aromatic heterocycles. The fraction of sp³-hybridized carbons (Fsp3) is 0.125. The molecule has 0 unspecified atom stereocenters. The molecule has 21 heavy (non-hydrogen) atoms. The van der Waals surface area contributed by atoms with Crippen LogP contribution >= 0.6 is 0 Å². The van der Waals surface area contributed by atoms with Gasteiger partial charge in [0.05, 0.1) is 0 Å². The van der Waals surface area contributed by atoms with Crippen LogP contribution in [0.25, 0.3) is 11.1 Å². The molecule has 0 atom stereocenters. The Bertz CT molecular complexity index is 778. The zero-order chi connectivity index (χ0) is 14.8. The molecule has 1 N–H and O–H groups in total. The lowest BCUT2D eigenvalue weighted by Gasteiger charge is -2.04. The van der Waals surface area contributed by atoms with Crippen molar-refractivity contribution in [1.82, 2.24) is 4.98 Å². The van der Waals surface area contributed by atoms with Gasteiger partial charge in [0.1, 0.15) is 17.8 Å². The number of benzene rings is 2. The number of hydrogen-bond donors (Lipinski definition) is 1. The molecule has 0 spiro atoms. The van der Waals surface area contributed by atoms with Crippen molar-refractivity contribution >= 4 is 22.7 Å². The summed E-state index contributed by atoms with van der Waals surface area (Å²) in [5.41, 5.74) is 2.30. The van der Waals surface area contributed by atoms with E-state index in [2.05, 4.69) is 10.3 Å². The Hall–Kier alpha value is -2.69. The lowest BCUT2D eigenvalue weighted by Crippen LogP contribution is -2.14. The van der Waals surface area contributed by atoms with Gasteiger partial charge in [0, 0.05) is 5.69 Å². The first-order valence-electron chi connectivity index (χ1n) is 6.52. The van der Waals surface area contributed by atoms with Crippen molar-refractivity contribution < 1.29 is 13.6 Å². The second-order valence-electron chi connectivity index (χ2n) is 4.76. The van der Waals surface area contributed by atoms with Crippen molar-refractivity contribution in [2.75, 3.05) is 5.32 Å². The first-order chi connectivity index (χ1) is 10.1. The smallest absolute Gasteiger partial charge is 0.233 e. The molecule has 0 aliphatic carbocycles. The van der Waals surface area contributed by atoms with Gasteiger partial charge in [-0.1, -0.05) is 18.2 Å². The first-order valence-corrected chi connectivity index (χ1v) is 6.52. The summed E-state index contributed by atoms with van der Waals surface area (Å²) in [6.07, 6.45) is 0.00414. The summed E-state index contributed by atoms with van der Waals surface area (Å²) in [6, 6.07) is 11.9. The summed E-state index contributed by atoms with van der Waals surface area (Å²) in [7, 11) is 0. The van der Waals surface area contributed by atoms with Gasteiger partial charge in [0.15, 0.2) is 5.58 Å². The van der Waals surface area contributed by atoms with E-state index >= 15 is 0 Å². The zero-order valence-corrected chi connectivity index (χ0v) is 11.4. The number of hydrogen-bond acceptors (Lipinski definition) is 3. The average Bonchev–Trinajstić information content (AvgIpc) is 2.84. The van der Waals surface area contributed by atoms with Crippen LogP contribution in [0, 0.1) is 12.7 Å². The Morgan fingerprint density at radius 3 is 2.86 bits per heavy atom. The van der Waals surface area contributed by atoms with Gasteiger partial charge >= 0.3 is 0 Å². The third-order valence-corrected chi connectivity index (χ3v) is 3.11. The van der Waals surface area contributed by atoms with Gasteiger partial charge in [-0.15, -0.1) is 0 Å². The molecule has 0 bridgehead atoms. The number of para-hydroxylation sites is 2. The van der Waals surface area contributed by atoms with Crippen molar-refractivity contribution in [2.45, 2.75) is 13.3 Å². The maximum atomic E-state index is 13.4. The molecule has 0 saturated heterocycles. The number of halogens is 1. The first kappa shape index (κ1) is 13.3. The largest absolute Gasteiger partial charge is 0.440 e. The van der Waals surface area contributed by atoms with Crippen LogP contribution in [0.15, 0.2) is 46.9 Å². The van der Waals surface area contributed by atoms with Crippen LogP contribution < -0.4 is 5.32 Å². The molecule has 4 nitrogen and oxygen atoms in total. The molecule has 5 heteroatoms. The summed E-state index contributed by atoms with van der Waals surface area (Å²) < 4.78 is 18.9. The predicted molar refractivity (Wildman–Crippen MR) is 77.5 cm³/mol. The molecule has 0 aliphatic heterocycles. The SMILES string of the molecule is Cc1ccc(NC(=O)Cc2nc3ccccc3o2)cc1F. The summed E-state index contributed by atoms with van der Waals surface area (Å²) in [5.74, 6) is -0.319. The molecule has 3 aromatic rings. The number of aryl methyl sites for hydroxylation is 1. The highest BCUT2D eigenvalue weighted by Gasteiger charge is 2.11. The summed E-state index contributed by atoms with van der Waals surface area (Å²) in [6.45, 7) is 1.67. The van der Waals surface area contributed by atoms with Gasteiger partial charge in [-0.2, -0.15) is 0 Å². The van der Waals surface area contributed by atoms with E-state index in [-0.39, 0.29) is 18.1 Å². The van der Waals surface area contributed by atoms with Crippen LogP contribution in [0.4, 0.5) is 10.1 Å². The molecule has 1 heterocycles. The highest BCUT2D eigenvalue weighted by atomic mass is 19.1. The van der Waals surface area contributed by atoms with Crippen LogP contribution in [0.3, 0.4) is 0 Å². The molecule has 0 aliphatic rings. The van der Waals surface area contributed by atoms with Crippen molar-refractivity contribution in [2.24, 2.45) is 0 Å². The summed E-state index contributed by atoms with van der Waals surface area (Å²) in [4.78, 5) is 16.1. The van der Waals surface area contributed by atoms with E-state index < -0.39 is 0 Å². The van der Waals surface area contributed by atoms with Gasteiger partial charge in [-0.25, -0.2) is 9.37 Å². The summed E-state index contributed by atoms with van der Waals surface area (Å²) in [5, 5.41) is 2.62. The van der Waals surface area contributed by atoms with Crippen LogP contribution in [0.5, 0.6) is 0 Å². The topological polar surface area (TPSA) is 55.1 Å². The number of rotatable bonds is 3. The van der Waals surface area contributed by atoms with Crippen LogP contribution in [-0.2, 0) is 11.2 Å². The lowest BCUT2D eigenvalue weighted by atomic mass is 10.2. The number of aromatic nitrogens is 1. The second-order valence-corrected chi connectivity index (χ2v) is 4.76. The molecule has 1 amide bonds. The van der Waals surface area contributed by atoms with Gasteiger partial charge in [-0.3, -0.25) is 4.79 Å². The fourth-order valence-electron chi connectivity index (χ4n) is 2.01. The fourth-order valence-corrected chi connectivity index (χ4v) is 2.01. The summed E-state index contributed by atoms with van der Waals surface area (Å²) >= 11 is 0. The Kier molecular flexibility index (Phi) is 3.39. The van der Waals surface area contributed by atoms with Gasteiger partial charge in [0.2, 0.25) is 11.8 Å². The molecule has 0 saturated carbocycles. The molecule has 0 fully saturated rings. The lowest BCUT2D eigenvalue weighted by molar-refractivity contribution is -0.115. The normalized spacial score (nSPS) is 10.8. The number of nitrogens with one attached hydrogen (secondary N) is 1. The number of oxazole rings is 1. The van der Waals surface area contributed by atoms with Gasteiger partial charge < -0.3 is 9.73 Å². The zero-order valence-electron chi connectivity index (χ0n) is 11.4. The molecule has 3 rings (SSSR count). The number of anilines is 1. The third-order valence-electron chi connectivity index (χ3n) is 3.11. The minimum absolute atomic E-state index is 0.00414. The highest BCUT2D eigenvalue weighted by Crippen LogP contribution is 2.16. The van der Waals surface area contributed by atoms with E-state index in [9.17, 15) is 9.18 Å². The molecule has 106 valence electrons. The highest BCUT2D eigenvalue weighted by molar-refractivity contribution is 5.92. The van der Waals surface area contributed by atoms with Crippen molar-refractivity contribution in [1.29, 1.82) is 0 Å². The Morgan fingerprint density at radius 2 is 2.10 bits per heavy atom. The number of nitrogens with zero attached hydrogens (tertiary/aromatic N) is 1. The van der Waals surface area contributed by atoms with Gasteiger partial charge in [-0.05, 0) is 36.8 Å². The predicted octanol–water partition coefficient (Wildman–Crippen LogP) is 3.46. The standard InChI is InChI=1S/C16H13FN2O2/c1-10-6-7-11(8-12(10)17)18-15(20)9-16-19-13-4-2-3-5-14(13)21-16/h2-8H,9H2,1H3,(H,18,20). The van der Waals surface area contributed by atoms with Crippen LogP contribution in [0.2, 0.25) is 0 Å².